The van der Waals surface area contributed by atoms with E-state index >= 15 is 0 Å². The van der Waals surface area contributed by atoms with Crippen LogP contribution in [-0.2, 0) is 21.7 Å². The molecular weight excluding hydrogens is 416 g/mol. The summed E-state index contributed by atoms with van der Waals surface area (Å²) in [6.45, 7) is 6.91. The van der Waals surface area contributed by atoms with E-state index in [0.29, 0.717) is 23.7 Å². The first-order chi connectivity index (χ1) is 15.9. The van der Waals surface area contributed by atoms with E-state index in [1.807, 2.05) is 10.9 Å². The fourth-order valence-electron chi connectivity index (χ4n) is 8.07. The maximum atomic E-state index is 12.4. The van der Waals surface area contributed by atoms with Gasteiger partial charge in [-0.3, -0.25) is 9.48 Å². The van der Waals surface area contributed by atoms with Crippen molar-refractivity contribution in [2.45, 2.75) is 97.1 Å². The van der Waals surface area contributed by atoms with E-state index in [1.54, 1.807) is 0 Å². The van der Waals surface area contributed by atoms with Gasteiger partial charge in [0.1, 0.15) is 5.69 Å². The average Bonchev–Trinajstić information content (AvgIpc) is 3.40. The van der Waals surface area contributed by atoms with Crippen molar-refractivity contribution in [3.05, 3.63) is 23.5 Å². The Hall–Kier alpha value is -2.18. The molecule has 3 fully saturated rings. The van der Waals surface area contributed by atoms with Gasteiger partial charge in [-0.1, -0.05) is 36.2 Å². The first-order valence-electron chi connectivity index (χ1n) is 12.9. The lowest BCUT2D eigenvalue weighted by Crippen LogP contribution is -2.53. The molecule has 5 rings (SSSR count). The van der Waals surface area contributed by atoms with E-state index in [-0.39, 0.29) is 11.4 Å². The fraction of sp³-hybridized carbons (Fsp3) is 0.769. The Morgan fingerprint density at radius 3 is 2.85 bits per heavy atom. The Kier molecular flexibility index (Phi) is 5.86. The van der Waals surface area contributed by atoms with E-state index in [9.17, 15) is 10.0 Å². The quantitative estimate of drug-likeness (QED) is 0.373. The van der Waals surface area contributed by atoms with Gasteiger partial charge in [0.15, 0.2) is 5.60 Å². The van der Waals surface area contributed by atoms with Gasteiger partial charge in [0.2, 0.25) is 0 Å². The zero-order chi connectivity index (χ0) is 23.2. The van der Waals surface area contributed by atoms with Gasteiger partial charge >= 0.3 is 5.97 Å². The zero-order valence-electron chi connectivity index (χ0n) is 20.3. The normalized spacial score (nSPS) is 38.9. The van der Waals surface area contributed by atoms with Crippen LogP contribution in [0.15, 0.2) is 23.0 Å². The van der Waals surface area contributed by atoms with E-state index in [2.05, 4.69) is 35.4 Å². The number of aromatic nitrogens is 3. The van der Waals surface area contributed by atoms with Crippen molar-refractivity contribution in [3.63, 3.8) is 0 Å². The molecule has 0 amide bonds. The van der Waals surface area contributed by atoms with Crippen molar-refractivity contribution in [2.24, 2.45) is 34.2 Å². The summed E-state index contributed by atoms with van der Waals surface area (Å²) in [4.78, 5) is 12.4. The minimum atomic E-state index is -0.682. The lowest BCUT2D eigenvalue weighted by molar-refractivity contribution is -0.184. The third kappa shape index (κ3) is 3.53. The lowest BCUT2D eigenvalue weighted by Gasteiger charge is -2.55. The largest absolute Gasteiger partial charge is 0.452 e. The Morgan fingerprint density at radius 2 is 2.09 bits per heavy atom. The van der Waals surface area contributed by atoms with Crippen LogP contribution in [0.25, 0.3) is 0 Å². The van der Waals surface area contributed by atoms with Crippen LogP contribution in [0.2, 0.25) is 0 Å². The molecule has 1 heterocycles. The second kappa shape index (κ2) is 8.55. The van der Waals surface area contributed by atoms with Crippen LogP contribution in [0, 0.1) is 29.1 Å². The summed E-state index contributed by atoms with van der Waals surface area (Å²) in [5.41, 5.74) is 2.36. The first kappa shape index (κ1) is 22.6. The highest BCUT2D eigenvalue weighted by molar-refractivity contribution is 5.96. The zero-order valence-corrected chi connectivity index (χ0v) is 20.3. The van der Waals surface area contributed by atoms with Crippen LogP contribution in [0.3, 0.4) is 0 Å². The number of ether oxygens (including phenoxy) is 1. The number of hydrogen-bond donors (Lipinski definition) is 1. The molecule has 0 aliphatic heterocycles. The molecule has 3 saturated carbocycles. The number of unbranched alkanes of at least 4 members (excludes halogenated alkanes) is 1. The molecule has 1 N–H and O–H groups in total. The molecule has 0 spiro atoms. The highest BCUT2D eigenvalue weighted by Crippen LogP contribution is 2.68. The van der Waals surface area contributed by atoms with Gasteiger partial charge in [0.05, 0.1) is 11.9 Å². The van der Waals surface area contributed by atoms with Gasteiger partial charge in [0.25, 0.3) is 0 Å². The SMILES string of the molecule is CCCCn1cc([C@]2(OC(C)=O)CCC3C4CCC5=C/C(=N\O)CC[C@@H]5C4CC[C@@]32C)nn1. The van der Waals surface area contributed by atoms with E-state index in [1.165, 1.54) is 18.9 Å². The molecule has 33 heavy (non-hydrogen) atoms. The standard InChI is InChI=1S/C26H38N4O3/c1-4-5-14-30-16-24(27-29-30)26(33-17(2)31)13-11-23-22-8-6-18-15-19(28-32)7-9-20(18)21(22)10-12-25(23,26)3/h15-16,20-23,32H,4-14H2,1-3H3/b28-19-/t20-,21?,22?,23?,25-,26+/m0/s1. The minimum absolute atomic E-state index is 0.126. The third-order valence-electron chi connectivity index (χ3n) is 9.57. The fourth-order valence-corrected chi connectivity index (χ4v) is 8.07. The molecule has 0 saturated heterocycles. The smallest absolute Gasteiger partial charge is 0.303 e. The highest BCUT2D eigenvalue weighted by atomic mass is 16.6. The summed E-state index contributed by atoms with van der Waals surface area (Å²) in [7, 11) is 0. The molecule has 180 valence electrons. The van der Waals surface area contributed by atoms with Crippen molar-refractivity contribution in [1.29, 1.82) is 0 Å². The molecule has 7 heteroatoms. The Morgan fingerprint density at radius 1 is 1.24 bits per heavy atom. The van der Waals surface area contributed by atoms with Crippen LogP contribution in [-0.4, -0.2) is 31.9 Å². The predicted molar refractivity (Wildman–Crippen MR) is 125 cm³/mol. The number of nitrogens with zero attached hydrogens (tertiary/aromatic N) is 4. The number of rotatable bonds is 5. The van der Waals surface area contributed by atoms with Gasteiger partial charge in [0, 0.05) is 18.9 Å². The summed E-state index contributed by atoms with van der Waals surface area (Å²) < 4.78 is 8.20. The van der Waals surface area contributed by atoms with Gasteiger partial charge < -0.3 is 9.94 Å². The Bertz CT molecular complexity index is 968. The number of esters is 1. The number of hydrogen-bond acceptors (Lipinski definition) is 6. The van der Waals surface area contributed by atoms with Crippen molar-refractivity contribution in [2.75, 3.05) is 0 Å². The summed E-state index contributed by atoms with van der Waals surface area (Å²) in [5, 5.41) is 21.7. The van der Waals surface area contributed by atoms with Crippen molar-refractivity contribution in [3.8, 4) is 0 Å². The van der Waals surface area contributed by atoms with Gasteiger partial charge in [-0.15, -0.1) is 5.10 Å². The molecule has 7 nitrogen and oxygen atoms in total. The van der Waals surface area contributed by atoms with Gasteiger partial charge in [-0.2, -0.15) is 0 Å². The van der Waals surface area contributed by atoms with Crippen molar-refractivity contribution in [1.82, 2.24) is 15.0 Å². The first-order valence-corrected chi connectivity index (χ1v) is 12.9. The molecule has 6 atom stereocenters. The monoisotopic (exact) mass is 454 g/mol. The molecule has 1 aromatic heterocycles. The molecular formula is C26H38N4O3. The average molecular weight is 455 g/mol. The number of carbonyl (C=O) groups is 1. The van der Waals surface area contributed by atoms with E-state index in [0.717, 1.165) is 75.7 Å². The molecule has 1 aromatic rings. The van der Waals surface area contributed by atoms with Crippen molar-refractivity contribution < 1.29 is 14.7 Å². The maximum absolute atomic E-state index is 12.4. The molecule has 0 radical (unpaired) electrons. The summed E-state index contributed by atoms with van der Waals surface area (Å²) in [6, 6.07) is 0. The van der Waals surface area contributed by atoms with E-state index < -0.39 is 5.60 Å². The van der Waals surface area contributed by atoms with E-state index in [4.69, 9.17) is 4.74 Å². The topological polar surface area (TPSA) is 89.6 Å². The summed E-state index contributed by atoms with van der Waals surface area (Å²) in [5.74, 6) is 2.23. The molecule has 0 aromatic carbocycles. The summed E-state index contributed by atoms with van der Waals surface area (Å²) in [6.07, 6.45) is 14.7. The second-order valence-corrected chi connectivity index (χ2v) is 11.1. The number of carbonyl (C=O) groups excluding carboxylic acids is 1. The van der Waals surface area contributed by atoms with Crippen LogP contribution in [0.5, 0.6) is 0 Å². The molecule has 4 aliphatic rings. The third-order valence-corrected chi connectivity index (χ3v) is 9.57. The van der Waals surface area contributed by atoms with Crippen molar-refractivity contribution >= 4 is 11.7 Å². The summed E-state index contributed by atoms with van der Waals surface area (Å²) >= 11 is 0. The predicted octanol–water partition coefficient (Wildman–Crippen LogP) is 5.24. The highest BCUT2D eigenvalue weighted by Gasteiger charge is 2.66. The number of aryl methyl sites for hydroxylation is 1. The minimum Gasteiger partial charge on any atom is -0.452 e. The van der Waals surface area contributed by atoms with Gasteiger partial charge in [-0.25, -0.2) is 0 Å². The lowest BCUT2D eigenvalue weighted by atomic mass is 9.50. The van der Waals surface area contributed by atoms with Crippen LogP contribution >= 0.6 is 0 Å². The molecule has 4 aliphatic carbocycles. The Labute approximate surface area is 196 Å². The maximum Gasteiger partial charge on any atom is 0.303 e. The number of fused-ring (bicyclic) bond motifs is 5. The number of allylic oxidation sites excluding steroid dienone is 2. The number of oxime groups is 1. The Balaban J connectivity index is 1.46. The van der Waals surface area contributed by atoms with Crippen LogP contribution < -0.4 is 0 Å². The molecule has 3 unspecified atom stereocenters. The van der Waals surface area contributed by atoms with Crippen LogP contribution in [0.1, 0.15) is 90.7 Å². The van der Waals surface area contributed by atoms with Gasteiger partial charge in [-0.05, 0) is 87.5 Å². The van der Waals surface area contributed by atoms with Crippen LogP contribution in [0.4, 0.5) is 0 Å². The molecule has 0 bridgehead atoms. The second-order valence-electron chi connectivity index (χ2n) is 11.1.